The molecule has 5 nitrogen and oxygen atoms in total. The van der Waals surface area contributed by atoms with Gasteiger partial charge in [0.25, 0.3) is 0 Å². The van der Waals surface area contributed by atoms with Crippen molar-refractivity contribution in [2.24, 2.45) is 5.73 Å². The van der Waals surface area contributed by atoms with Gasteiger partial charge in [0.05, 0.1) is 12.6 Å². The molecule has 112 valence electrons. The molecule has 5 heteroatoms. The largest absolute Gasteiger partial charge is 0.325 e. The highest BCUT2D eigenvalue weighted by Gasteiger charge is 2.12. The number of aromatic nitrogens is 2. The van der Waals surface area contributed by atoms with Crippen LogP contribution < -0.4 is 11.1 Å². The molecule has 21 heavy (non-hydrogen) atoms. The van der Waals surface area contributed by atoms with Gasteiger partial charge in [0.2, 0.25) is 5.91 Å². The smallest absolute Gasteiger partial charge is 0.241 e. The summed E-state index contributed by atoms with van der Waals surface area (Å²) in [5.74, 6) is -0.122. The molecule has 0 radical (unpaired) electrons. The summed E-state index contributed by atoms with van der Waals surface area (Å²) in [7, 11) is 0. The molecule has 2 aromatic rings. The maximum Gasteiger partial charge on any atom is 0.241 e. The number of rotatable bonds is 7. The van der Waals surface area contributed by atoms with Gasteiger partial charge in [0.15, 0.2) is 0 Å². The Labute approximate surface area is 125 Å². The first-order valence-corrected chi connectivity index (χ1v) is 7.32. The number of benzene rings is 1. The summed E-state index contributed by atoms with van der Waals surface area (Å²) in [5.41, 5.74) is 7.75. The number of unbranched alkanes of at least 4 members (excludes halogenated alkanes) is 1. The van der Waals surface area contributed by atoms with E-state index >= 15 is 0 Å². The highest BCUT2D eigenvalue weighted by molar-refractivity contribution is 5.94. The molecular weight excluding hydrogens is 264 g/mol. The molecule has 1 aromatic carbocycles. The first-order valence-electron chi connectivity index (χ1n) is 7.32. The lowest BCUT2D eigenvalue weighted by molar-refractivity contribution is -0.117. The lowest BCUT2D eigenvalue weighted by atomic mass is 10.1. The van der Waals surface area contributed by atoms with E-state index in [1.54, 1.807) is 6.20 Å². The van der Waals surface area contributed by atoms with Crippen molar-refractivity contribution in [3.8, 4) is 0 Å². The van der Waals surface area contributed by atoms with Gasteiger partial charge in [0, 0.05) is 18.1 Å². The van der Waals surface area contributed by atoms with Crippen molar-refractivity contribution in [2.75, 3.05) is 5.32 Å². The molecule has 0 aliphatic rings. The minimum atomic E-state index is -0.436. The van der Waals surface area contributed by atoms with E-state index in [1.807, 2.05) is 41.2 Å². The Morgan fingerprint density at radius 3 is 2.76 bits per heavy atom. The summed E-state index contributed by atoms with van der Waals surface area (Å²) in [6.45, 7) is 2.81. The predicted octanol–water partition coefficient (Wildman–Crippen LogP) is 2.39. The van der Waals surface area contributed by atoms with Gasteiger partial charge < -0.3 is 11.1 Å². The Kier molecular flexibility index (Phi) is 5.51. The summed E-state index contributed by atoms with van der Waals surface area (Å²) in [4.78, 5) is 11.9. The summed E-state index contributed by atoms with van der Waals surface area (Å²) in [6.07, 6.45) is 6.41. The second-order valence-electron chi connectivity index (χ2n) is 5.14. The maximum absolute atomic E-state index is 11.9. The van der Waals surface area contributed by atoms with E-state index in [4.69, 9.17) is 5.73 Å². The zero-order chi connectivity index (χ0) is 15.1. The number of hydrogen-bond acceptors (Lipinski definition) is 3. The van der Waals surface area contributed by atoms with Crippen molar-refractivity contribution >= 4 is 11.6 Å². The Balaban J connectivity index is 1.88. The van der Waals surface area contributed by atoms with Crippen molar-refractivity contribution in [3.05, 3.63) is 48.3 Å². The molecule has 1 heterocycles. The van der Waals surface area contributed by atoms with E-state index in [-0.39, 0.29) is 5.91 Å². The Hall–Kier alpha value is -2.14. The maximum atomic E-state index is 11.9. The number of carbonyl (C=O) groups excluding carboxylic acids is 1. The van der Waals surface area contributed by atoms with Crippen LogP contribution in [0.1, 0.15) is 31.7 Å². The molecule has 2 rings (SSSR count). The summed E-state index contributed by atoms with van der Waals surface area (Å²) >= 11 is 0. The SMILES string of the molecule is CCCC[C@H](N)C(=O)Nc1ccc(Cn2cccn2)cc1. The van der Waals surface area contributed by atoms with Gasteiger partial charge in [-0.1, -0.05) is 31.9 Å². The van der Waals surface area contributed by atoms with Gasteiger partial charge >= 0.3 is 0 Å². The summed E-state index contributed by atoms with van der Waals surface area (Å²) in [6, 6.07) is 9.21. The second-order valence-corrected chi connectivity index (χ2v) is 5.14. The summed E-state index contributed by atoms with van der Waals surface area (Å²) in [5, 5.41) is 7.01. The molecule has 0 fully saturated rings. The molecule has 1 atom stereocenters. The Morgan fingerprint density at radius 2 is 2.14 bits per heavy atom. The van der Waals surface area contributed by atoms with Crippen LogP contribution in [0.25, 0.3) is 0 Å². The van der Waals surface area contributed by atoms with E-state index in [0.29, 0.717) is 0 Å². The second kappa shape index (κ2) is 7.59. The predicted molar refractivity (Wildman–Crippen MR) is 83.9 cm³/mol. The van der Waals surface area contributed by atoms with Crippen molar-refractivity contribution in [2.45, 2.75) is 38.8 Å². The fraction of sp³-hybridized carbons (Fsp3) is 0.375. The monoisotopic (exact) mass is 286 g/mol. The fourth-order valence-electron chi connectivity index (χ4n) is 2.06. The van der Waals surface area contributed by atoms with Crippen LogP contribution in [0.4, 0.5) is 5.69 Å². The number of anilines is 1. The van der Waals surface area contributed by atoms with Gasteiger partial charge in [-0.3, -0.25) is 9.48 Å². The number of carbonyl (C=O) groups is 1. The average Bonchev–Trinajstić information content (AvgIpc) is 2.99. The highest BCUT2D eigenvalue weighted by atomic mass is 16.2. The fourth-order valence-corrected chi connectivity index (χ4v) is 2.06. The first-order chi connectivity index (χ1) is 10.2. The van der Waals surface area contributed by atoms with E-state index in [9.17, 15) is 4.79 Å². The number of nitrogens with two attached hydrogens (primary N) is 1. The third-order valence-corrected chi connectivity index (χ3v) is 3.33. The number of amides is 1. The molecule has 1 amide bonds. The molecule has 0 saturated heterocycles. The van der Waals surface area contributed by atoms with Crippen LogP contribution in [0.5, 0.6) is 0 Å². The number of nitrogens with one attached hydrogen (secondary N) is 1. The zero-order valence-corrected chi connectivity index (χ0v) is 12.3. The van der Waals surface area contributed by atoms with E-state index in [2.05, 4.69) is 17.3 Å². The van der Waals surface area contributed by atoms with Crippen LogP contribution in [-0.2, 0) is 11.3 Å². The van der Waals surface area contributed by atoms with Gasteiger partial charge in [0.1, 0.15) is 0 Å². The van der Waals surface area contributed by atoms with Crippen LogP contribution in [0.2, 0.25) is 0 Å². The number of hydrogen-bond donors (Lipinski definition) is 2. The van der Waals surface area contributed by atoms with Gasteiger partial charge in [-0.25, -0.2) is 0 Å². The molecule has 0 spiro atoms. The molecule has 0 aliphatic heterocycles. The third-order valence-electron chi connectivity index (χ3n) is 3.33. The molecular formula is C16H22N4O. The van der Waals surface area contributed by atoms with E-state index in [1.165, 1.54) is 0 Å². The topological polar surface area (TPSA) is 72.9 Å². The van der Waals surface area contributed by atoms with Gasteiger partial charge in [-0.15, -0.1) is 0 Å². The lowest BCUT2D eigenvalue weighted by Gasteiger charge is -2.12. The van der Waals surface area contributed by atoms with Gasteiger partial charge in [-0.05, 0) is 30.2 Å². The standard InChI is InChI=1S/C16H22N4O/c1-2-3-5-15(17)16(21)19-14-8-6-13(7-9-14)12-20-11-4-10-18-20/h4,6-11,15H,2-3,5,12,17H2,1H3,(H,19,21)/t15-/m0/s1. The Morgan fingerprint density at radius 1 is 1.38 bits per heavy atom. The highest BCUT2D eigenvalue weighted by Crippen LogP contribution is 2.11. The molecule has 3 N–H and O–H groups in total. The third kappa shape index (κ3) is 4.72. The normalized spacial score (nSPS) is 12.1. The first kappa shape index (κ1) is 15.3. The van der Waals surface area contributed by atoms with Crippen LogP contribution in [-0.4, -0.2) is 21.7 Å². The minimum absolute atomic E-state index is 0.122. The lowest BCUT2D eigenvalue weighted by Crippen LogP contribution is -2.35. The zero-order valence-electron chi connectivity index (χ0n) is 12.3. The van der Waals surface area contributed by atoms with Crippen molar-refractivity contribution in [1.29, 1.82) is 0 Å². The van der Waals surface area contributed by atoms with E-state index in [0.717, 1.165) is 37.1 Å². The summed E-state index contributed by atoms with van der Waals surface area (Å²) < 4.78 is 1.86. The van der Waals surface area contributed by atoms with E-state index < -0.39 is 6.04 Å². The molecule has 1 aromatic heterocycles. The average molecular weight is 286 g/mol. The molecule has 0 bridgehead atoms. The van der Waals surface area contributed by atoms with Gasteiger partial charge in [-0.2, -0.15) is 5.10 Å². The minimum Gasteiger partial charge on any atom is -0.325 e. The molecule has 0 unspecified atom stereocenters. The molecule has 0 saturated carbocycles. The van der Waals surface area contributed by atoms with Crippen LogP contribution in [0, 0.1) is 0 Å². The number of nitrogens with zero attached hydrogens (tertiary/aromatic N) is 2. The van der Waals surface area contributed by atoms with Crippen LogP contribution in [0.3, 0.4) is 0 Å². The van der Waals surface area contributed by atoms with Crippen LogP contribution in [0.15, 0.2) is 42.7 Å². The van der Waals surface area contributed by atoms with Crippen molar-refractivity contribution in [1.82, 2.24) is 9.78 Å². The van der Waals surface area contributed by atoms with Crippen molar-refractivity contribution in [3.63, 3.8) is 0 Å². The Bertz CT molecular complexity index is 548. The molecule has 0 aliphatic carbocycles. The van der Waals surface area contributed by atoms with Crippen LogP contribution >= 0.6 is 0 Å². The van der Waals surface area contributed by atoms with Crippen molar-refractivity contribution < 1.29 is 4.79 Å². The quantitative estimate of drug-likeness (QED) is 0.820.